The van der Waals surface area contributed by atoms with E-state index in [2.05, 4.69) is 0 Å². The number of hydrogen-bond donors (Lipinski definition) is 3. The van der Waals surface area contributed by atoms with Crippen molar-refractivity contribution in [1.29, 1.82) is 5.41 Å². The van der Waals surface area contributed by atoms with Crippen LogP contribution < -0.4 is 10.6 Å². The number of amidine groups is 1. The minimum atomic E-state index is -0.796. The fourth-order valence-corrected chi connectivity index (χ4v) is 2.18. The van der Waals surface area contributed by atoms with E-state index in [9.17, 15) is 4.79 Å². The van der Waals surface area contributed by atoms with E-state index in [1.54, 1.807) is 18.2 Å². The van der Waals surface area contributed by atoms with Crippen LogP contribution in [0.1, 0.15) is 18.4 Å². The van der Waals surface area contributed by atoms with E-state index >= 15 is 0 Å². The fourth-order valence-electron chi connectivity index (χ4n) is 2.18. The van der Waals surface area contributed by atoms with Gasteiger partial charge in [-0.05, 0) is 25.0 Å². The van der Waals surface area contributed by atoms with Crippen LogP contribution in [0.5, 0.6) is 0 Å². The van der Waals surface area contributed by atoms with Gasteiger partial charge in [0.15, 0.2) is 0 Å². The molecule has 0 radical (unpaired) electrons. The van der Waals surface area contributed by atoms with Crippen molar-refractivity contribution < 1.29 is 9.90 Å². The second kappa shape index (κ2) is 4.45. The molecule has 0 spiro atoms. The van der Waals surface area contributed by atoms with Gasteiger partial charge in [0.2, 0.25) is 0 Å². The Morgan fingerprint density at radius 2 is 2.29 bits per heavy atom. The van der Waals surface area contributed by atoms with Crippen LogP contribution >= 0.6 is 0 Å². The van der Waals surface area contributed by atoms with Crippen LogP contribution in [0, 0.1) is 5.41 Å². The number of anilines is 1. The summed E-state index contributed by atoms with van der Waals surface area (Å²) < 4.78 is 0. The van der Waals surface area contributed by atoms with E-state index in [-0.39, 0.29) is 5.84 Å². The van der Waals surface area contributed by atoms with Gasteiger partial charge in [0.05, 0.1) is 0 Å². The number of nitrogens with two attached hydrogens (primary N) is 1. The lowest BCUT2D eigenvalue weighted by Gasteiger charge is -2.24. The van der Waals surface area contributed by atoms with Crippen molar-refractivity contribution in [2.75, 3.05) is 11.4 Å². The highest BCUT2D eigenvalue weighted by atomic mass is 16.4. The lowest BCUT2D eigenvalue weighted by molar-refractivity contribution is -0.138. The summed E-state index contributed by atoms with van der Waals surface area (Å²) in [5.41, 5.74) is 6.87. The van der Waals surface area contributed by atoms with E-state index in [1.807, 2.05) is 11.0 Å². The van der Waals surface area contributed by atoms with Crippen molar-refractivity contribution in [2.24, 2.45) is 5.73 Å². The van der Waals surface area contributed by atoms with Crippen LogP contribution in [0.15, 0.2) is 24.3 Å². The summed E-state index contributed by atoms with van der Waals surface area (Å²) in [6.07, 6.45) is 1.54. The number of nitrogen functional groups attached to an aromatic ring is 1. The van der Waals surface area contributed by atoms with E-state index in [0.717, 1.165) is 18.7 Å². The van der Waals surface area contributed by atoms with Gasteiger partial charge in [-0.2, -0.15) is 0 Å². The number of nitrogens with zero attached hydrogens (tertiary/aromatic N) is 1. The molecule has 1 fully saturated rings. The molecule has 5 heteroatoms. The predicted octanol–water partition coefficient (Wildman–Crippen LogP) is 1.02. The molecule has 0 saturated carbocycles. The molecule has 90 valence electrons. The molecular formula is C12H15N3O2. The molecule has 4 N–H and O–H groups in total. The van der Waals surface area contributed by atoms with Crippen molar-refractivity contribution in [3.8, 4) is 0 Å². The second-order valence-electron chi connectivity index (χ2n) is 4.15. The van der Waals surface area contributed by atoms with Gasteiger partial charge in [0.25, 0.3) is 0 Å². The first-order chi connectivity index (χ1) is 8.09. The van der Waals surface area contributed by atoms with Crippen molar-refractivity contribution >= 4 is 17.5 Å². The Morgan fingerprint density at radius 3 is 2.94 bits per heavy atom. The molecule has 2 rings (SSSR count). The molecule has 17 heavy (non-hydrogen) atoms. The summed E-state index contributed by atoms with van der Waals surface area (Å²) in [4.78, 5) is 13.0. The highest BCUT2D eigenvalue weighted by Crippen LogP contribution is 2.26. The van der Waals surface area contributed by atoms with Crippen LogP contribution in [-0.2, 0) is 4.79 Å². The minimum absolute atomic E-state index is 0.00192. The summed E-state index contributed by atoms with van der Waals surface area (Å²) >= 11 is 0. The summed E-state index contributed by atoms with van der Waals surface area (Å²) in [5, 5.41) is 16.5. The topological polar surface area (TPSA) is 90.4 Å². The molecule has 1 heterocycles. The average Bonchev–Trinajstić information content (AvgIpc) is 2.78. The van der Waals surface area contributed by atoms with Crippen LogP contribution in [0.25, 0.3) is 0 Å². The molecule has 1 saturated heterocycles. The maximum absolute atomic E-state index is 11.1. The third-order valence-electron chi connectivity index (χ3n) is 3.03. The van der Waals surface area contributed by atoms with Crippen LogP contribution in [0.3, 0.4) is 0 Å². The van der Waals surface area contributed by atoms with Crippen molar-refractivity contribution in [2.45, 2.75) is 18.9 Å². The molecular weight excluding hydrogens is 218 g/mol. The normalized spacial score (nSPS) is 19.3. The number of rotatable bonds is 3. The van der Waals surface area contributed by atoms with Crippen LogP contribution in [0.4, 0.5) is 5.69 Å². The average molecular weight is 233 g/mol. The highest BCUT2D eigenvalue weighted by molar-refractivity contribution is 5.96. The zero-order chi connectivity index (χ0) is 12.4. The number of carboxylic acid groups (broad SMARTS) is 1. The van der Waals surface area contributed by atoms with Gasteiger partial charge in [-0.3, -0.25) is 5.41 Å². The summed E-state index contributed by atoms with van der Waals surface area (Å²) in [6.45, 7) is 0.734. The zero-order valence-corrected chi connectivity index (χ0v) is 9.39. The van der Waals surface area contributed by atoms with Gasteiger partial charge >= 0.3 is 5.97 Å². The first-order valence-electron chi connectivity index (χ1n) is 5.53. The van der Waals surface area contributed by atoms with E-state index < -0.39 is 12.0 Å². The number of nitrogens with one attached hydrogen (secondary N) is 1. The summed E-state index contributed by atoms with van der Waals surface area (Å²) in [5.74, 6) is -0.798. The SMILES string of the molecule is N=C(N)c1cccc(N2CCC[C@@H]2C(=O)O)c1. The molecule has 1 atom stereocenters. The lowest BCUT2D eigenvalue weighted by atomic mass is 10.1. The Kier molecular flexibility index (Phi) is 2.99. The fraction of sp³-hybridized carbons (Fsp3) is 0.333. The third-order valence-corrected chi connectivity index (χ3v) is 3.03. The first kappa shape index (κ1) is 11.4. The number of aliphatic carboxylic acids is 1. The van der Waals surface area contributed by atoms with Crippen molar-refractivity contribution in [3.05, 3.63) is 29.8 Å². The van der Waals surface area contributed by atoms with Gasteiger partial charge in [0.1, 0.15) is 11.9 Å². The smallest absolute Gasteiger partial charge is 0.326 e. The highest BCUT2D eigenvalue weighted by Gasteiger charge is 2.30. The lowest BCUT2D eigenvalue weighted by Crippen LogP contribution is -2.36. The van der Waals surface area contributed by atoms with Gasteiger partial charge in [-0.1, -0.05) is 12.1 Å². The maximum atomic E-state index is 11.1. The van der Waals surface area contributed by atoms with Gasteiger partial charge in [-0.25, -0.2) is 4.79 Å². The number of benzene rings is 1. The molecule has 0 bridgehead atoms. The zero-order valence-electron chi connectivity index (χ0n) is 9.39. The molecule has 0 aliphatic carbocycles. The largest absolute Gasteiger partial charge is 0.480 e. The molecule has 5 nitrogen and oxygen atoms in total. The Hall–Kier alpha value is -2.04. The van der Waals surface area contributed by atoms with Crippen LogP contribution in [-0.4, -0.2) is 29.5 Å². The standard InChI is InChI=1S/C12H15N3O2/c13-11(14)8-3-1-4-9(7-8)15-6-2-5-10(15)12(16)17/h1,3-4,7,10H,2,5-6H2,(H3,13,14)(H,16,17)/t10-/m1/s1. The quantitative estimate of drug-likeness (QED) is 0.537. The van der Waals surface area contributed by atoms with Gasteiger partial charge in [-0.15, -0.1) is 0 Å². The van der Waals surface area contributed by atoms with Gasteiger partial charge < -0.3 is 15.7 Å². The molecule has 0 unspecified atom stereocenters. The Morgan fingerprint density at radius 1 is 1.53 bits per heavy atom. The van der Waals surface area contributed by atoms with Crippen molar-refractivity contribution in [1.82, 2.24) is 0 Å². The molecule has 0 amide bonds. The Balaban J connectivity index is 2.30. The summed E-state index contributed by atoms with van der Waals surface area (Å²) in [7, 11) is 0. The van der Waals surface area contributed by atoms with E-state index in [4.69, 9.17) is 16.2 Å². The second-order valence-corrected chi connectivity index (χ2v) is 4.15. The number of carboxylic acids is 1. The van der Waals surface area contributed by atoms with E-state index in [0.29, 0.717) is 12.0 Å². The van der Waals surface area contributed by atoms with E-state index in [1.165, 1.54) is 0 Å². The minimum Gasteiger partial charge on any atom is -0.480 e. The monoisotopic (exact) mass is 233 g/mol. The molecule has 1 aliphatic heterocycles. The maximum Gasteiger partial charge on any atom is 0.326 e. The van der Waals surface area contributed by atoms with Crippen LogP contribution in [0.2, 0.25) is 0 Å². The molecule has 1 aromatic carbocycles. The first-order valence-corrected chi connectivity index (χ1v) is 5.53. The molecule has 1 aromatic rings. The third kappa shape index (κ3) is 2.22. The Labute approximate surface area is 99.4 Å². The number of hydrogen-bond acceptors (Lipinski definition) is 3. The number of carbonyl (C=O) groups is 1. The predicted molar refractivity (Wildman–Crippen MR) is 65.5 cm³/mol. The summed E-state index contributed by atoms with van der Waals surface area (Å²) in [6, 6.07) is 6.70. The van der Waals surface area contributed by atoms with Crippen molar-refractivity contribution in [3.63, 3.8) is 0 Å². The Bertz CT molecular complexity index is 459. The molecule has 1 aliphatic rings. The molecule has 0 aromatic heterocycles. The van der Waals surface area contributed by atoms with Gasteiger partial charge in [0, 0.05) is 17.8 Å².